The van der Waals surface area contributed by atoms with E-state index >= 15 is 0 Å². The summed E-state index contributed by atoms with van der Waals surface area (Å²) in [5, 5.41) is 5.73. The van der Waals surface area contributed by atoms with Crippen LogP contribution < -0.4 is 15.0 Å². The van der Waals surface area contributed by atoms with Crippen LogP contribution in [0.4, 0.5) is 16.5 Å². The second-order valence-corrected chi connectivity index (χ2v) is 7.06. The molecule has 132 valence electrons. The smallest absolute Gasteiger partial charge is 0.277 e. The Morgan fingerprint density at radius 1 is 1.27 bits per heavy atom. The number of thiazole rings is 1. The zero-order chi connectivity index (χ0) is 18.1. The van der Waals surface area contributed by atoms with Gasteiger partial charge in [-0.3, -0.25) is 4.79 Å². The van der Waals surface area contributed by atoms with Crippen LogP contribution in [0.2, 0.25) is 0 Å². The Bertz CT molecular complexity index is 967. The summed E-state index contributed by atoms with van der Waals surface area (Å²) in [6.07, 6.45) is 0.887. The van der Waals surface area contributed by atoms with Crippen molar-refractivity contribution in [3.05, 3.63) is 64.7 Å². The molecule has 1 aromatic heterocycles. The van der Waals surface area contributed by atoms with Crippen LogP contribution in [0, 0.1) is 6.92 Å². The molecule has 1 aliphatic rings. The number of ether oxygens (including phenoxy) is 1. The third-order valence-electron chi connectivity index (χ3n) is 4.45. The Labute approximate surface area is 156 Å². The van der Waals surface area contributed by atoms with E-state index in [1.807, 2.05) is 43.3 Å². The Kier molecular flexibility index (Phi) is 4.34. The van der Waals surface area contributed by atoms with Crippen molar-refractivity contribution in [3.8, 4) is 5.75 Å². The van der Waals surface area contributed by atoms with E-state index in [9.17, 15) is 4.79 Å². The SMILES string of the molecule is COc1ccc(C)cc1Nc1nc(C(=O)N2CCc3ccccc32)cs1. The molecule has 3 aromatic rings. The highest BCUT2D eigenvalue weighted by Crippen LogP contribution is 2.32. The normalized spacial score (nSPS) is 12.8. The lowest BCUT2D eigenvalue weighted by Crippen LogP contribution is -2.29. The molecule has 26 heavy (non-hydrogen) atoms. The predicted octanol–water partition coefficient (Wildman–Crippen LogP) is 4.41. The number of hydrogen-bond acceptors (Lipinski definition) is 5. The minimum absolute atomic E-state index is 0.0598. The number of carbonyl (C=O) groups excluding carboxylic acids is 1. The Balaban J connectivity index is 1.56. The standard InChI is InChI=1S/C20H19N3O2S/c1-13-7-8-18(25-2)15(11-13)21-20-22-16(12-26-20)19(24)23-10-9-14-5-3-4-6-17(14)23/h3-8,11-12H,9-10H2,1-2H3,(H,21,22). The van der Waals surface area contributed by atoms with Crippen molar-refractivity contribution in [2.45, 2.75) is 13.3 Å². The average molecular weight is 365 g/mol. The van der Waals surface area contributed by atoms with Crippen molar-refractivity contribution in [2.24, 2.45) is 0 Å². The number of amides is 1. The van der Waals surface area contributed by atoms with Gasteiger partial charge in [-0.15, -0.1) is 11.3 Å². The van der Waals surface area contributed by atoms with Crippen molar-refractivity contribution in [1.29, 1.82) is 0 Å². The molecule has 0 aliphatic carbocycles. The van der Waals surface area contributed by atoms with Gasteiger partial charge in [-0.25, -0.2) is 4.98 Å². The largest absolute Gasteiger partial charge is 0.495 e. The molecule has 6 heteroatoms. The quantitative estimate of drug-likeness (QED) is 0.744. The van der Waals surface area contributed by atoms with E-state index in [1.165, 1.54) is 16.9 Å². The van der Waals surface area contributed by atoms with Gasteiger partial charge in [-0.2, -0.15) is 0 Å². The van der Waals surface area contributed by atoms with Crippen LogP contribution in [-0.4, -0.2) is 24.5 Å². The van der Waals surface area contributed by atoms with Gasteiger partial charge in [0.05, 0.1) is 12.8 Å². The molecule has 0 bridgehead atoms. The highest BCUT2D eigenvalue weighted by molar-refractivity contribution is 7.14. The molecule has 1 amide bonds. The monoisotopic (exact) mass is 365 g/mol. The molecule has 5 nitrogen and oxygen atoms in total. The van der Waals surface area contributed by atoms with E-state index in [1.54, 1.807) is 17.4 Å². The zero-order valence-corrected chi connectivity index (χ0v) is 15.5. The number of rotatable bonds is 4. The molecule has 0 saturated carbocycles. The number of anilines is 3. The summed E-state index contributed by atoms with van der Waals surface area (Å²) in [5.74, 6) is 0.683. The van der Waals surface area contributed by atoms with E-state index in [0.29, 0.717) is 17.4 Å². The van der Waals surface area contributed by atoms with Crippen LogP contribution in [-0.2, 0) is 6.42 Å². The number of methoxy groups -OCH3 is 1. The maximum atomic E-state index is 12.9. The summed E-state index contributed by atoms with van der Waals surface area (Å²) in [5.41, 5.74) is 4.61. The fraction of sp³-hybridized carbons (Fsp3) is 0.200. The first-order valence-corrected chi connectivity index (χ1v) is 9.30. The predicted molar refractivity (Wildman–Crippen MR) is 105 cm³/mol. The minimum atomic E-state index is -0.0598. The summed E-state index contributed by atoms with van der Waals surface area (Å²) >= 11 is 1.41. The molecular formula is C20H19N3O2S. The summed E-state index contributed by atoms with van der Waals surface area (Å²) in [6, 6.07) is 13.9. The molecule has 0 radical (unpaired) electrons. The summed E-state index contributed by atoms with van der Waals surface area (Å²) in [4.78, 5) is 19.2. The van der Waals surface area contributed by atoms with E-state index in [2.05, 4.69) is 16.4 Å². The van der Waals surface area contributed by atoms with Gasteiger partial charge in [-0.05, 0) is 42.7 Å². The van der Waals surface area contributed by atoms with Crippen molar-refractivity contribution >= 4 is 33.8 Å². The molecule has 2 aromatic carbocycles. The maximum absolute atomic E-state index is 12.9. The van der Waals surface area contributed by atoms with Gasteiger partial charge in [0.25, 0.3) is 5.91 Å². The molecule has 0 atom stereocenters. The fourth-order valence-corrected chi connectivity index (χ4v) is 3.85. The molecule has 0 spiro atoms. The van der Waals surface area contributed by atoms with E-state index < -0.39 is 0 Å². The number of nitrogens with one attached hydrogen (secondary N) is 1. The van der Waals surface area contributed by atoms with Crippen molar-refractivity contribution < 1.29 is 9.53 Å². The third kappa shape index (κ3) is 3.04. The second-order valence-electron chi connectivity index (χ2n) is 6.20. The molecule has 0 saturated heterocycles. The summed E-state index contributed by atoms with van der Waals surface area (Å²) in [7, 11) is 1.64. The summed E-state index contributed by atoms with van der Waals surface area (Å²) < 4.78 is 5.39. The van der Waals surface area contributed by atoms with E-state index in [-0.39, 0.29) is 5.91 Å². The number of para-hydroxylation sites is 1. The lowest BCUT2D eigenvalue weighted by molar-refractivity contribution is 0.0985. The van der Waals surface area contributed by atoms with Crippen molar-refractivity contribution in [3.63, 3.8) is 0 Å². The van der Waals surface area contributed by atoms with Gasteiger partial charge in [-0.1, -0.05) is 24.3 Å². The van der Waals surface area contributed by atoms with Crippen molar-refractivity contribution in [2.75, 3.05) is 23.9 Å². The molecule has 0 fully saturated rings. The lowest BCUT2D eigenvalue weighted by Gasteiger charge is -2.15. The van der Waals surface area contributed by atoms with Gasteiger partial charge in [0.15, 0.2) is 5.13 Å². The van der Waals surface area contributed by atoms with Gasteiger partial charge in [0.2, 0.25) is 0 Å². The van der Waals surface area contributed by atoms with Crippen LogP contribution in [0.1, 0.15) is 21.6 Å². The number of aromatic nitrogens is 1. The Hall–Kier alpha value is -2.86. The molecule has 4 rings (SSSR count). The van der Waals surface area contributed by atoms with Gasteiger partial charge in [0.1, 0.15) is 11.4 Å². The van der Waals surface area contributed by atoms with Crippen LogP contribution >= 0.6 is 11.3 Å². The molecular weight excluding hydrogens is 346 g/mol. The average Bonchev–Trinajstić information content (AvgIpc) is 3.28. The maximum Gasteiger partial charge on any atom is 0.277 e. The molecule has 1 aliphatic heterocycles. The first-order chi connectivity index (χ1) is 12.7. The second kappa shape index (κ2) is 6.80. The molecule has 1 N–H and O–H groups in total. The first kappa shape index (κ1) is 16.6. The van der Waals surface area contributed by atoms with Crippen LogP contribution in [0.5, 0.6) is 5.75 Å². The van der Waals surface area contributed by atoms with Crippen LogP contribution in [0.3, 0.4) is 0 Å². The highest BCUT2D eigenvalue weighted by Gasteiger charge is 2.26. The zero-order valence-electron chi connectivity index (χ0n) is 14.7. The number of carbonyl (C=O) groups is 1. The third-order valence-corrected chi connectivity index (χ3v) is 5.21. The molecule has 2 heterocycles. The summed E-state index contributed by atoms with van der Waals surface area (Å²) in [6.45, 7) is 2.72. The van der Waals surface area contributed by atoms with E-state index in [4.69, 9.17) is 4.74 Å². The van der Waals surface area contributed by atoms with E-state index in [0.717, 1.165) is 29.1 Å². The Morgan fingerprint density at radius 2 is 2.12 bits per heavy atom. The first-order valence-electron chi connectivity index (χ1n) is 8.42. The highest BCUT2D eigenvalue weighted by atomic mass is 32.1. The topological polar surface area (TPSA) is 54.5 Å². The Morgan fingerprint density at radius 3 is 2.96 bits per heavy atom. The number of aryl methyl sites for hydroxylation is 1. The minimum Gasteiger partial charge on any atom is -0.495 e. The number of fused-ring (bicyclic) bond motifs is 1. The van der Waals surface area contributed by atoms with Gasteiger partial charge < -0.3 is 15.0 Å². The number of hydrogen-bond donors (Lipinski definition) is 1. The van der Waals surface area contributed by atoms with Crippen LogP contribution in [0.15, 0.2) is 47.8 Å². The fourth-order valence-electron chi connectivity index (χ4n) is 3.15. The lowest BCUT2D eigenvalue weighted by atomic mass is 10.2. The number of nitrogens with zero attached hydrogens (tertiary/aromatic N) is 2. The van der Waals surface area contributed by atoms with Gasteiger partial charge in [0, 0.05) is 17.6 Å². The van der Waals surface area contributed by atoms with Crippen molar-refractivity contribution in [1.82, 2.24) is 4.98 Å². The molecule has 0 unspecified atom stereocenters. The van der Waals surface area contributed by atoms with Gasteiger partial charge >= 0.3 is 0 Å². The number of benzene rings is 2. The van der Waals surface area contributed by atoms with Crippen LogP contribution in [0.25, 0.3) is 0 Å².